The minimum absolute atomic E-state index is 0.181. The molecule has 3 aromatic carbocycles. The average Bonchev–Trinajstić information content (AvgIpc) is 3.02. The van der Waals surface area contributed by atoms with Gasteiger partial charge in [0.05, 0.1) is 12.7 Å². The van der Waals surface area contributed by atoms with Gasteiger partial charge in [0, 0.05) is 17.8 Å². The molecule has 0 bridgehead atoms. The van der Waals surface area contributed by atoms with Crippen LogP contribution in [-0.2, 0) is 16.0 Å². The molecule has 162 valence electrons. The van der Waals surface area contributed by atoms with Gasteiger partial charge in [0.25, 0.3) is 11.8 Å². The predicted octanol–water partition coefficient (Wildman–Crippen LogP) is 4.58. The van der Waals surface area contributed by atoms with Crippen LogP contribution in [0.15, 0.2) is 78.5 Å². The van der Waals surface area contributed by atoms with Gasteiger partial charge in [0.15, 0.2) is 0 Å². The van der Waals surface area contributed by atoms with Gasteiger partial charge in [-0.25, -0.2) is 4.39 Å². The van der Waals surface area contributed by atoms with Crippen molar-refractivity contribution in [2.75, 3.05) is 19.0 Å². The number of para-hydroxylation sites is 1. The molecule has 0 aliphatic carbocycles. The van der Waals surface area contributed by atoms with Crippen LogP contribution in [0, 0.1) is 12.7 Å². The van der Waals surface area contributed by atoms with Crippen LogP contribution < -0.4 is 10.1 Å². The lowest BCUT2D eigenvalue weighted by atomic mass is 10.0. The minimum atomic E-state index is -0.403. The number of ether oxygens (including phenoxy) is 1. The fourth-order valence-electron chi connectivity index (χ4n) is 3.76. The number of rotatable bonds is 7. The van der Waals surface area contributed by atoms with E-state index in [1.54, 1.807) is 30.3 Å². The van der Waals surface area contributed by atoms with E-state index in [0.29, 0.717) is 23.4 Å². The summed E-state index contributed by atoms with van der Waals surface area (Å²) in [6, 6.07) is 20.8. The summed E-state index contributed by atoms with van der Waals surface area (Å²) in [6.07, 6.45) is 0.425. The third-order valence-electron chi connectivity index (χ3n) is 5.37. The first-order valence-corrected chi connectivity index (χ1v) is 10.3. The third kappa shape index (κ3) is 4.25. The maximum Gasteiger partial charge on any atom is 0.278 e. The number of carbonyl (C=O) groups excluding carboxylic acids is 2. The highest BCUT2D eigenvalue weighted by Crippen LogP contribution is 2.35. The molecular formula is C26H23FN2O3. The summed E-state index contributed by atoms with van der Waals surface area (Å²) in [5, 5.41) is 3.16. The highest BCUT2D eigenvalue weighted by molar-refractivity contribution is 6.37. The van der Waals surface area contributed by atoms with Crippen LogP contribution in [0.1, 0.15) is 16.7 Å². The highest BCUT2D eigenvalue weighted by atomic mass is 19.1. The van der Waals surface area contributed by atoms with E-state index in [4.69, 9.17) is 4.74 Å². The van der Waals surface area contributed by atoms with Crippen LogP contribution in [0.2, 0.25) is 0 Å². The zero-order valence-corrected chi connectivity index (χ0v) is 17.9. The van der Waals surface area contributed by atoms with Crippen molar-refractivity contribution in [2.45, 2.75) is 13.3 Å². The van der Waals surface area contributed by atoms with Crippen LogP contribution in [0.5, 0.6) is 5.75 Å². The van der Waals surface area contributed by atoms with Gasteiger partial charge in [-0.15, -0.1) is 0 Å². The molecule has 0 saturated heterocycles. The lowest BCUT2D eigenvalue weighted by Gasteiger charge is -2.15. The molecule has 4 rings (SSSR count). The summed E-state index contributed by atoms with van der Waals surface area (Å²) in [5.74, 6) is -0.615. The van der Waals surface area contributed by atoms with E-state index in [9.17, 15) is 14.0 Å². The SMILES string of the molecule is COc1ccccc1C1=C(Nc2cccc(C)c2)C(=O)N(CCc2ccc(F)cc2)C1=O. The second-order valence-corrected chi connectivity index (χ2v) is 7.58. The first-order chi connectivity index (χ1) is 15.5. The van der Waals surface area contributed by atoms with Crippen LogP contribution in [0.4, 0.5) is 10.1 Å². The Morgan fingerprint density at radius 1 is 0.938 bits per heavy atom. The van der Waals surface area contributed by atoms with Crippen molar-refractivity contribution in [1.82, 2.24) is 4.90 Å². The summed E-state index contributed by atoms with van der Waals surface area (Å²) in [5.41, 5.74) is 3.62. The third-order valence-corrected chi connectivity index (χ3v) is 5.37. The molecule has 0 atom stereocenters. The summed E-state index contributed by atoms with van der Waals surface area (Å²) >= 11 is 0. The van der Waals surface area contributed by atoms with Crippen molar-refractivity contribution in [1.29, 1.82) is 0 Å². The van der Waals surface area contributed by atoms with E-state index in [-0.39, 0.29) is 23.6 Å². The van der Waals surface area contributed by atoms with E-state index >= 15 is 0 Å². The average molecular weight is 430 g/mol. The molecule has 0 unspecified atom stereocenters. The summed E-state index contributed by atoms with van der Waals surface area (Å²) in [4.78, 5) is 28.0. The number of halogens is 1. The second kappa shape index (κ2) is 9.06. The number of aryl methyl sites for hydroxylation is 1. The van der Waals surface area contributed by atoms with Gasteiger partial charge in [-0.3, -0.25) is 14.5 Å². The molecule has 0 spiro atoms. The lowest BCUT2D eigenvalue weighted by molar-refractivity contribution is -0.136. The molecule has 3 aromatic rings. The number of hydrogen-bond acceptors (Lipinski definition) is 4. The lowest BCUT2D eigenvalue weighted by Crippen LogP contribution is -2.34. The largest absolute Gasteiger partial charge is 0.496 e. The van der Waals surface area contributed by atoms with Crippen molar-refractivity contribution < 1.29 is 18.7 Å². The molecule has 1 aliphatic rings. The molecule has 0 fully saturated rings. The highest BCUT2D eigenvalue weighted by Gasteiger charge is 2.40. The Bertz CT molecular complexity index is 1200. The monoisotopic (exact) mass is 430 g/mol. The number of nitrogens with one attached hydrogen (secondary N) is 1. The van der Waals surface area contributed by atoms with E-state index in [1.165, 1.54) is 24.1 Å². The Morgan fingerprint density at radius 2 is 1.69 bits per heavy atom. The van der Waals surface area contributed by atoms with Gasteiger partial charge in [0.1, 0.15) is 17.3 Å². The molecular weight excluding hydrogens is 407 g/mol. The standard InChI is InChI=1S/C26H23FN2O3/c1-17-6-5-7-20(16-17)28-24-23(21-8-3-4-9-22(21)32-2)25(30)29(26(24)31)15-14-18-10-12-19(27)13-11-18/h3-13,16,28H,14-15H2,1-2H3. The first kappa shape index (κ1) is 21.3. The van der Waals surface area contributed by atoms with Gasteiger partial charge in [-0.05, 0) is 54.8 Å². The zero-order chi connectivity index (χ0) is 22.7. The Kier molecular flexibility index (Phi) is 6.03. The Hall–Kier alpha value is -3.93. The number of imide groups is 1. The van der Waals surface area contributed by atoms with Crippen LogP contribution in [0.3, 0.4) is 0 Å². The van der Waals surface area contributed by atoms with Crippen LogP contribution in [0.25, 0.3) is 5.57 Å². The molecule has 32 heavy (non-hydrogen) atoms. The molecule has 1 N–H and O–H groups in total. The molecule has 0 radical (unpaired) electrons. The van der Waals surface area contributed by atoms with E-state index in [0.717, 1.165) is 11.1 Å². The summed E-state index contributed by atoms with van der Waals surface area (Å²) in [7, 11) is 1.53. The first-order valence-electron chi connectivity index (χ1n) is 10.3. The molecule has 2 amide bonds. The Morgan fingerprint density at radius 3 is 2.41 bits per heavy atom. The second-order valence-electron chi connectivity index (χ2n) is 7.58. The number of benzene rings is 3. The fourth-order valence-corrected chi connectivity index (χ4v) is 3.76. The Labute approximate surface area is 186 Å². The number of amides is 2. The quantitative estimate of drug-likeness (QED) is 0.558. The summed E-state index contributed by atoms with van der Waals surface area (Å²) < 4.78 is 18.7. The molecule has 5 nitrogen and oxygen atoms in total. The zero-order valence-electron chi connectivity index (χ0n) is 17.9. The van der Waals surface area contributed by atoms with Gasteiger partial charge < -0.3 is 10.1 Å². The van der Waals surface area contributed by atoms with E-state index in [1.807, 2.05) is 37.3 Å². The van der Waals surface area contributed by atoms with Crippen molar-refractivity contribution in [3.05, 3.63) is 101 Å². The van der Waals surface area contributed by atoms with Gasteiger partial charge in [-0.1, -0.05) is 42.5 Å². The van der Waals surface area contributed by atoms with Crippen molar-refractivity contribution in [3.63, 3.8) is 0 Å². The van der Waals surface area contributed by atoms with Crippen molar-refractivity contribution >= 4 is 23.1 Å². The van der Waals surface area contributed by atoms with Gasteiger partial charge >= 0.3 is 0 Å². The topological polar surface area (TPSA) is 58.6 Å². The Balaban J connectivity index is 1.70. The normalized spacial score (nSPS) is 13.7. The van der Waals surface area contributed by atoms with E-state index < -0.39 is 11.8 Å². The number of hydrogen-bond donors (Lipinski definition) is 1. The smallest absolute Gasteiger partial charge is 0.278 e. The maximum atomic E-state index is 13.4. The minimum Gasteiger partial charge on any atom is -0.496 e. The fraction of sp³-hybridized carbons (Fsp3) is 0.154. The maximum absolute atomic E-state index is 13.4. The van der Waals surface area contributed by atoms with Crippen molar-refractivity contribution in [2.24, 2.45) is 0 Å². The van der Waals surface area contributed by atoms with Crippen molar-refractivity contribution in [3.8, 4) is 5.75 Å². The molecule has 0 saturated carbocycles. The molecule has 1 heterocycles. The van der Waals surface area contributed by atoms with Crippen LogP contribution >= 0.6 is 0 Å². The molecule has 1 aliphatic heterocycles. The molecule has 6 heteroatoms. The van der Waals surface area contributed by atoms with Crippen LogP contribution in [-0.4, -0.2) is 30.4 Å². The van der Waals surface area contributed by atoms with E-state index in [2.05, 4.69) is 5.32 Å². The molecule has 0 aromatic heterocycles. The number of anilines is 1. The summed E-state index contributed by atoms with van der Waals surface area (Å²) in [6.45, 7) is 2.14. The predicted molar refractivity (Wildman–Crippen MR) is 122 cm³/mol. The number of carbonyl (C=O) groups is 2. The number of nitrogens with zero attached hydrogens (tertiary/aromatic N) is 1. The number of methoxy groups -OCH3 is 1. The van der Waals surface area contributed by atoms with Gasteiger partial charge in [0.2, 0.25) is 0 Å². The van der Waals surface area contributed by atoms with Gasteiger partial charge in [-0.2, -0.15) is 0 Å².